The smallest absolute Gasteiger partial charge is 0.187 e. The fourth-order valence-corrected chi connectivity index (χ4v) is 8.15. The first-order chi connectivity index (χ1) is 21.2. The summed E-state index contributed by atoms with van der Waals surface area (Å²) in [7, 11) is 0. The number of ether oxygens (including phenoxy) is 4. The van der Waals surface area contributed by atoms with Gasteiger partial charge in [0.1, 0.15) is 48.8 Å². The minimum atomic E-state index is -1.54. The summed E-state index contributed by atoms with van der Waals surface area (Å²) in [6.45, 7) is 9.69. The van der Waals surface area contributed by atoms with Gasteiger partial charge in [-0.1, -0.05) is 37.6 Å². The highest BCUT2D eigenvalue weighted by molar-refractivity contribution is 5.18. The van der Waals surface area contributed by atoms with Crippen molar-refractivity contribution in [1.29, 1.82) is 0 Å². The summed E-state index contributed by atoms with van der Waals surface area (Å²) < 4.78 is 22.6. The second-order valence-corrected chi connectivity index (χ2v) is 14.0. The Morgan fingerprint density at radius 2 is 1.40 bits per heavy atom. The van der Waals surface area contributed by atoms with Gasteiger partial charge in [-0.25, -0.2) is 0 Å². The van der Waals surface area contributed by atoms with Crippen LogP contribution in [0.1, 0.15) is 59.3 Å². The first-order valence-electron chi connectivity index (χ1n) is 16.0. The minimum absolute atomic E-state index is 0.0462. The van der Waals surface area contributed by atoms with Crippen molar-refractivity contribution in [3.8, 4) is 0 Å². The molecule has 4 fully saturated rings. The van der Waals surface area contributed by atoms with Gasteiger partial charge in [0.25, 0.3) is 0 Å². The Morgan fingerprint density at radius 3 is 1.96 bits per heavy atom. The summed E-state index contributed by atoms with van der Waals surface area (Å²) in [4.78, 5) is 0. The Balaban J connectivity index is 1.39. The maximum atomic E-state index is 11.3. The third-order valence-electron chi connectivity index (χ3n) is 11.1. The summed E-state index contributed by atoms with van der Waals surface area (Å²) in [5.74, 6) is 0.206. The van der Waals surface area contributed by atoms with Crippen molar-refractivity contribution in [3.63, 3.8) is 0 Å². The monoisotopic (exact) mass is 646 g/mol. The summed E-state index contributed by atoms with van der Waals surface area (Å²) in [6.07, 6.45) is -7.84. The Morgan fingerprint density at radius 1 is 0.844 bits per heavy atom. The molecule has 0 bridgehead atoms. The van der Waals surface area contributed by atoms with Crippen molar-refractivity contribution in [3.05, 3.63) is 23.8 Å². The molecule has 2 heterocycles. The molecule has 0 aromatic rings. The third-order valence-corrected chi connectivity index (χ3v) is 11.1. The van der Waals surface area contributed by atoms with Gasteiger partial charge >= 0.3 is 0 Å². The molecule has 0 spiro atoms. The number of aliphatic hydroxyl groups is 9. The van der Waals surface area contributed by atoms with Crippen LogP contribution in [-0.2, 0) is 18.9 Å². The molecule has 2 saturated heterocycles. The largest absolute Gasteiger partial charge is 0.394 e. The molecule has 2 aliphatic carbocycles. The Bertz CT molecular complexity index is 1020. The van der Waals surface area contributed by atoms with Gasteiger partial charge in [-0.05, 0) is 62.7 Å². The molecular formula is C32H54O13. The van der Waals surface area contributed by atoms with Gasteiger partial charge in [-0.3, -0.25) is 0 Å². The number of fused-ring (bicyclic) bond motifs is 1. The van der Waals surface area contributed by atoms with E-state index in [1.807, 2.05) is 19.9 Å². The van der Waals surface area contributed by atoms with Crippen molar-refractivity contribution < 1.29 is 64.9 Å². The summed E-state index contributed by atoms with van der Waals surface area (Å²) in [5, 5.41) is 91.2. The Kier molecular flexibility index (Phi) is 12.3. The SMILES string of the molecule is C=C1CCC2C(C)(COC3OC(CO)C(O)C(O)C3O)C(O)CCC2(C)C1CC/C(C)=C/COC1OC(CO)C(O)C(O)C1O. The fourth-order valence-electron chi connectivity index (χ4n) is 8.15. The zero-order valence-electron chi connectivity index (χ0n) is 26.5. The van der Waals surface area contributed by atoms with Crippen LogP contribution in [0.15, 0.2) is 23.8 Å². The summed E-state index contributed by atoms with van der Waals surface area (Å²) in [5.41, 5.74) is 1.31. The minimum Gasteiger partial charge on any atom is -0.394 e. The van der Waals surface area contributed by atoms with Gasteiger partial charge in [-0.15, -0.1) is 0 Å². The van der Waals surface area contributed by atoms with Crippen LogP contribution in [0.3, 0.4) is 0 Å². The molecule has 13 heteroatoms. The maximum Gasteiger partial charge on any atom is 0.187 e. The van der Waals surface area contributed by atoms with E-state index in [4.69, 9.17) is 18.9 Å². The van der Waals surface area contributed by atoms with Gasteiger partial charge in [-0.2, -0.15) is 0 Å². The molecule has 260 valence electrons. The second-order valence-electron chi connectivity index (χ2n) is 14.0. The predicted molar refractivity (Wildman–Crippen MR) is 159 cm³/mol. The molecule has 15 unspecified atom stereocenters. The third kappa shape index (κ3) is 7.36. The Hall–Kier alpha value is -1.04. The number of allylic oxidation sites excluding steroid dienone is 2. The second kappa shape index (κ2) is 15.0. The van der Waals surface area contributed by atoms with E-state index in [1.54, 1.807) is 0 Å². The van der Waals surface area contributed by atoms with Crippen LogP contribution in [0.2, 0.25) is 0 Å². The first kappa shape index (κ1) is 36.8. The van der Waals surface area contributed by atoms with Gasteiger partial charge in [0.2, 0.25) is 0 Å². The quantitative estimate of drug-likeness (QED) is 0.124. The van der Waals surface area contributed by atoms with E-state index in [2.05, 4.69) is 13.5 Å². The maximum absolute atomic E-state index is 11.3. The molecule has 0 aromatic heterocycles. The van der Waals surface area contributed by atoms with Crippen molar-refractivity contribution in [1.82, 2.24) is 0 Å². The van der Waals surface area contributed by atoms with E-state index in [9.17, 15) is 46.0 Å². The normalized spacial score (nSPS) is 47.9. The lowest BCUT2D eigenvalue weighted by Crippen LogP contribution is -2.61. The lowest BCUT2D eigenvalue weighted by atomic mass is 9.46. The number of rotatable bonds is 11. The van der Waals surface area contributed by atoms with Crippen LogP contribution in [-0.4, -0.2) is 140 Å². The molecule has 4 aliphatic rings. The number of hydrogen-bond acceptors (Lipinski definition) is 13. The van der Waals surface area contributed by atoms with E-state index < -0.39 is 86.1 Å². The van der Waals surface area contributed by atoms with Crippen LogP contribution >= 0.6 is 0 Å². The average molecular weight is 647 g/mol. The van der Waals surface area contributed by atoms with E-state index in [1.165, 1.54) is 0 Å². The molecule has 4 rings (SSSR count). The highest BCUT2D eigenvalue weighted by Crippen LogP contribution is 2.62. The highest BCUT2D eigenvalue weighted by Gasteiger charge is 2.58. The topological polar surface area (TPSA) is 219 Å². The van der Waals surface area contributed by atoms with E-state index in [0.717, 1.165) is 43.3 Å². The molecule has 2 aliphatic heterocycles. The molecule has 9 N–H and O–H groups in total. The van der Waals surface area contributed by atoms with Crippen molar-refractivity contribution in [2.75, 3.05) is 26.4 Å². The fraction of sp³-hybridized carbons (Fsp3) is 0.875. The molecule has 45 heavy (non-hydrogen) atoms. The van der Waals surface area contributed by atoms with Crippen molar-refractivity contribution >= 4 is 0 Å². The van der Waals surface area contributed by atoms with Crippen LogP contribution in [0.4, 0.5) is 0 Å². The van der Waals surface area contributed by atoms with Crippen LogP contribution in [0.25, 0.3) is 0 Å². The van der Waals surface area contributed by atoms with Gasteiger partial charge in [0.15, 0.2) is 12.6 Å². The predicted octanol–water partition coefficient (Wildman–Crippen LogP) is -0.904. The van der Waals surface area contributed by atoms with Crippen molar-refractivity contribution in [2.45, 2.75) is 127 Å². The lowest BCUT2D eigenvalue weighted by Gasteiger charge is -2.60. The molecule has 0 aromatic carbocycles. The molecule has 0 amide bonds. The van der Waals surface area contributed by atoms with Crippen LogP contribution in [0, 0.1) is 22.7 Å². The zero-order chi connectivity index (χ0) is 33.3. The number of aliphatic hydroxyl groups excluding tert-OH is 9. The zero-order valence-corrected chi connectivity index (χ0v) is 26.5. The average Bonchev–Trinajstić information content (AvgIpc) is 3.01. The van der Waals surface area contributed by atoms with Gasteiger partial charge in [0, 0.05) is 5.41 Å². The first-order valence-corrected chi connectivity index (χ1v) is 16.0. The van der Waals surface area contributed by atoms with E-state index in [-0.39, 0.29) is 30.5 Å². The van der Waals surface area contributed by atoms with E-state index >= 15 is 0 Å². The highest BCUT2D eigenvalue weighted by atomic mass is 16.7. The summed E-state index contributed by atoms with van der Waals surface area (Å²) in [6, 6.07) is 0. The van der Waals surface area contributed by atoms with Gasteiger partial charge in [0.05, 0.1) is 32.5 Å². The molecule has 13 nitrogen and oxygen atoms in total. The molecule has 15 atom stereocenters. The summed E-state index contributed by atoms with van der Waals surface area (Å²) >= 11 is 0. The van der Waals surface area contributed by atoms with E-state index in [0.29, 0.717) is 6.42 Å². The van der Waals surface area contributed by atoms with Crippen LogP contribution in [0.5, 0.6) is 0 Å². The number of hydrogen-bond donors (Lipinski definition) is 9. The van der Waals surface area contributed by atoms with Crippen molar-refractivity contribution in [2.24, 2.45) is 22.7 Å². The molecular weight excluding hydrogens is 592 g/mol. The van der Waals surface area contributed by atoms with Gasteiger partial charge < -0.3 is 64.9 Å². The molecule has 0 radical (unpaired) electrons. The molecule has 2 saturated carbocycles. The van der Waals surface area contributed by atoms with Crippen LogP contribution < -0.4 is 0 Å². The Labute approximate surface area is 264 Å². The standard InChI is InChI=1S/C32H54O13/c1-16(10-12-42-29-27(40)25(38)23(36)19(13-33)44-29)5-7-18-17(2)6-8-21-31(18,3)11-9-22(35)32(21,4)15-43-30-28(41)26(39)24(37)20(14-34)45-30/h10,18-30,33-41H,2,5-9,11-15H2,1,3-4H3/b16-10+. The lowest BCUT2D eigenvalue weighted by molar-refractivity contribution is -0.313.